The third kappa shape index (κ3) is 6.24. The second-order valence-electron chi connectivity index (χ2n) is 6.02. The van der Waals surface area contributed by atoms with Gasteiger partial charge in [-0.25, -0.2) is 0 Å². The molecule has 3 nitrogen and oxygen atoms in total. The zero-order chi connectivity index (χ0) is 14.4. The zero-order valence-corrected chi connectivity index (χ0v) is 15.5. The number of guanidine groups is 1. The Kier molecular flexibility index (Phi) is 8.07. The molecule has 1 atom stereocenters. The van der Waals surface area contributed by atoms with Gasteiger partial charge in [-0.3, -0.25) is 4.99 Å². The highest BCUT2D eigenvalue weighted by Crippen LogP contribution is 2.18. The highest BCUT2D eigenvalue weighted by Gasteiger charge is 2.13. The number of nitrogens with one attached hydrogen (secondary N) is 1. The van der Waals surface area contributed by atoms with Crippen molar-refractivity contribution in [3.05, 3.63) is 35.4 Å². The van der Waals surface area contributed by atoms with E-state index in [2.05, 4.69) is 48.4 Å². The van der Waals surface area contributed by atoms with Crippen molar-refractivity contribution in [2.24, 2.45) is 10.7 Å². The van der Waals surface area contributed by atoms with Crippen LogP contribution in [0.5, 0.6) is 0 Å². The van der Waals surface area contributed by atoms with Gasteiger partial charge in [-0.2, -0.15) is 0 Å². The first-order valence-corrected chi connectivity index (χ1v) is 7.78. The molecule has 2 rings (SSSR count). The van der Waals surface area contributed by atoms with Crippen molar-refractivity contribution >= 4 is 29.9 Å². The monoisotopic (exact) mass is 401 g/mol. The topological polar surface area (TPSA) is 50.4 Å². The Labute approximate surface area is 145 Å². The molecule has 1 aliphatic carbocycles. The Balaban J connectivity index is 0.00000220. The smallest absolute Gasteiger partial charge is 0.188 e. The molecule has 118 valence electrons. The Bertz CT molecular complexity index is 436. The summed E-state index contributed by atoms with van der Waals surface area (Å²) in [6, 6.07) is 9.20. The van der Waals surface area contributed by atoms with E-state index in [1.54, 1.807) is 0 Å². The van der Waals surface area contributed by atoms with E-state index in [1.807, 2.05) is 0 Å². The zero-order valence-electron chi connectivity index (χ0n) is 13.1. The molecule has 1 aromatic carbocycles. The first kappa shape index (κ1) is 18.3. The number of hydrogen-bond acceptors (Lipinski definition) is 1. The van der Waals surface area contributed by atoms with Crippen molar-refractivity contribution in [3.63, 3.8) is 0 Å². The molecule has 0 spiro atoms. The van der Waals surface area contributed by atoms with Crippen LogP contribution in [0.1, 0.15) is 56.1 Å². The summed E-state index contributed by atoms with van der Waals surface area (Å²) in [5, 5.41) is 3.36. The number of nitrogens with zero attached hydrogens (tertiary/aromatic N) is 1. The summed E-state index contributed by atoms with van der Waals surface area (Å²) in [7, 11) is 0. The number of aryl methyl sites for hydroxylation is 1. The molecule has 0 amide bonds. The average Bonchev–Trinajstić information content (AvgIpc) is 2.46. The van der Waals surface area contributed by atoms with E-state index in [-0.39, 0.29) is 24.0 Å². The van der Waals surface area contributed by atoms with E-state index in [4.69, 9.17) is 5.73 Å². The van der Waals surface area contributed by atoms with Crippen LogP contribution in [0.3, 0.4) is 0 Å². The summed E-state index contributed by atoms with van der Waals surface area (Å²) in [6.45, 7) is 5.05. The highest BCUT2D eigenvalue weighted by molar-refractivity contribution is 14.0. The van der Waals surface area contributed by atoms with Gasteiger partial charge in [0.2, 0.25) is 0 Å². The lowest BCUT2D eigenvalue weighted by atomic mass is 9.96. The van der Waals surface area contributed by atoms with Crippen molar-refractivity contribution in [1.82, 2.24) is 5.32 Å². The molecule has 0 aromatic heterocycles. The van der Waals surface area contributed by atoms with Crippen LogP contribution in [-0.2, 0) is 0 Å². The van der Waals surface area contributed by atoms with Crippen LogP contribution in [0.15, 0.2) is 29.3 Å². The van der Waals surface area contributed by atoms with Gasteiger partial charge in [-0.05, 0) is 25.3 Å². The first-order valence-electron chi connectivity index (χ1n) is 7.78. The van der Waals surface area contributed by atoms with Crippen LogP contribution in [0.25, 0.3) is 0 Å². The number of rotatable bonds is 4. The molecule has 1 saturated carbocycles. The van der Waals surface area contributed by atoms with Crippen molar-refractivity contribution in [2.45, 2.75) is 57.9 Å². The van der Waals surface area contributed by atoms with E-state index in [1.165, 1.54) is 43.2 Å². The fourth-order valence-electron chi connectivity index (χ4n) is 2.74. The second-order valence-corrected chi connectivity index (χ2v) is 6.02. The van der Waals surface area contributed by atoms with E-state index >= 15 is 0 Å². The van der Waals surface area contributed by atoms with Crippen molar-refractivity contribution in [2.75, 3.05) is 6.54 Å². The van der Waals surface area contributed by atoms with Crippen LogP contribution in [0.4, 0.5) is 0 Å². The largest absolute Gasteiger partial charge is 0.370 e. The van der Waals surface area contributed by atoms with Crippen LogP contribution in [0.2, 0.25) is 0 Å². The van der Waals surface area contributed by atoms with Gasteiger partial charge in [0.25, 0.3) is 0 Å². The van der Waals surface area contributed by atoms with Crippen LogP contribution < -0.4 is 11.1 Å². The number of nitrogens with two attached hydrogens (primary N) is 1. The minimum absolute atomic E-state index is 0. The number of aliphatic imine (C=N–C) groups is 1. The maximum atomic E-state index is 5.99. The lowest BCUT2D eigenvalue weighted by Crippen LogP contribution is -2.41. The third-order valence-corrected chi connectivity index (χ3v) is 4.14. The van der Waals surface area contributed by atoms with Crippen molar-refractivity contribution < 1.29 is 0 Å². The summed E-state index contributed by atoms with van der Waals surface area (Å²) >= 11 is 0. The predicted molar refractivity (Wildman–Crippen MR) is 102 cm³/mol. The van der Waals surface area contributed by atoms with Gasteiger partial charge < -0.3 is 11.1 Å². The summed E-state index contributed by atoms with van der Waals surface area (Å²) < 4.78 is 0. The Morgan fingerprint density at radius 3 is 2.48 bits per heavy atom. The molecule has 0 aliphatic heterocycles. The molecular weight excluding hydrogens is 373 g/mol. The summed E-state index contributed by atoms with van der Waals surface area (Å²) in [5.74, 6) is 1.01. The van der Waals surface area contributed by atoms with E-state index in [0.717, 1.165) is 6.54 Å². The minimum atomic E-state index is 0. The molecular formula is C17H28IN3. The Hall–Kier alpha value is -0.780. The molecule has 0 bridgehead atoms. The van der Waals surface area contributed by atoms with Gasteiger partial charge in [-0.1, -0.05) is 56.0 Å². The van der Waals surface area contributed by atoms with E-state index in [0.29, 0.717) is 17.9 Å². The van der Waals surface area contributed by atoms with Gasteiger partial charge in [0.1, 0.15) is 0 Å². The average molecular weight is 401 g/mol. The maximum Gasteiger partial charge on any atom is 0.188 e. The van der Waals surface area contributed by atoms with Gasteiger partial charge in [0, 0.05) is 18.5 Å². The lowest BCUT2D eigenvalue weighted by Gasteiger charge is -2.23. The van der Waals surface area contributed by atoms with Crippen LogP contribution >= 0.6 is 24.0 Å². The molecule has 0 radical (unpaired) electrons. The predicted octanol–water partition coefficient (Wildman–Crippen LogP) is 3.95. The number of halogens is 1. The van der Waals surface area contributed by atoms with Crippen LogP contribution in [-0.4, -0.2) is 18.5 Å². The van der Waals surface area contributed by atoms with Crippen LogP contribution in [0, 0.1) is 6.92 Å². The normalized spacial score (nSPS) is 17.9. The lowest BCUT2D eigenvalue weighted by molar-refractivity contribution is 0.412. The third-order valence-electron chi connectivity index (χ3n) is 4.14. The molecule has 1 aliphatic rings. The fraction of sp³-hybridized carbons (Fsp3) is 0.588. The SMILES string of the molecule is Cc1ccc(C(C)CN=C(N)NC2CCCCC2)cc1.I. The molecule has 4 heteroatoms. The molecule has 0 saturated heterocycles. The van der Waals surface area contributed by atoms with Crippen molar-refractivity contribution in [3.8, 4) is 0 Å². The van der Waals surface area contributed by atoms with Gasteiger partial charge in [0.15, 0.2) is 5.96 Å². The quantitative estimate of drug-likeness (QED) is 0.456. The standard InChI is InChI=1S/C17H27N3.HI/c1-13-8-10-15(11-9-13)14(2)12-19-17(18)20-16-6-4-3-5-7-16;/h8-11,14,16H,3-7,12H2,1-2H3,(H3,18,19,20);1H. The number of benzene rings is 1. The minimum Gasteiger partial charge on any atom is -0.370 e. The maximum absolute atomic E-state index is 5.99. The summed E-state index contributed by atoms with van der Waals surface area (Å²) in [5.41, 5.74) is 8.61. The molecule has 21 heavy (non-hydrogen) atoms. The highest BCUT2D eigenvalue weighted by atomic mass is 127. The van der Waals surface area contributed by atoms with Crippen molar-refractivity contribution in [1.29, 1.82) is 0 Å². The van der Waals surface area contributed by atoms with Gasteiger partial charge >= 0.3 is 0 Å². The second kappa shape index (κ2) is 9.28. The molecule has 1 aromatic rings. The Morgan fingerprint density at radius 2 is 1.86 bits per heavy atom. The van der Waals surface area contributed by atoms with E-state index in [9.17, 15) is 0 Å². The van der Waals surface area contributed by atoms with Gasteiger partial charge in [0.05, 0.1) is 0 Å². The molecule has 1 fully saturated rings. The summed E-state index contributed by atoms with van der Waals surface area (Å²) in [4.78, 5) is 4.50. The molecule has 3 N–H and O–H groups in total. The van der Waals surface area contributed by atoms with Gasteiger partial charge in [-0.15, -0.1) is 24.0 Å². The fourth-order valence-corrected chi connectivity index (χ4v) is 2.74. The number of hydrogen-bond donors (Lipinski definition) is 2. The van der Waals surface area contributed by atoms with E-state index < -0.39 is 0 Å². The Morgan fingerprint density at radius 1 is 1.24 bits per heavy atom. The molecule has 0 heterocycles. The summed E-state index contributed by atoms with van der Waals surface area (Å²) in [6.07, 6.45) is 6.43. The first-order chi connectivity index (χ1) is 9.65. The molecule has 1 unspecified atom stereocenters.